The fourth-order valence-electron chi connectivity index (χ4n) is 4.50. The van der Waals surface area contributed by atoms with Crippen LogP contribution in [0, 0.1) is 0 Å². The molecule has 3 aromatic rings. The van der Waals surface area contributed by atoms with Crippen LogP contribution < -0.4 is 3.58 Å². The third-order valence-corrected chi connectivity index (χ3v) is 12.7. The van der Waals surface area contributed by atoms with Crippen molar-refractivity contribution in [2.24, 2.45) is 0 Å². The molecular weight excluding hydrogens is 574 g/mol. The number of fused-ring (bicyclic) bond motifs is 4. The molecule has 0 N–H and O–H groups in total. The number of nitrogens with zero attached hydrogens (tertiary/aromatic N) is 2. The molecule has 3 aromatic carbocycles. The number of allylic oxidation sites excluding steroid dienone is 1. The quantitative estimate of drug-likeness (QED) is 0.234. The smallest absolute Gasteiger partial charge is 2.00 e. The summed E-state index contributed by atoms with van der Waals surface area (Å²) >= 11 is -1.65. The molecule has 0 saturated carbocycles. The molecule has 0 spiro atoms. The van der Waals surface area contributed by atoms with E-state index < -0.39 is 19.8 Å². The summed E-state index contributed by atoms with van der Waals surface area (Å²) in [5.41, 5.74) is 9.06. The maximum absolute atomic E-state index is 3.50. The van der Waals surface area contributed by atoms with Gasteiger partial charge in [-0.25, -0.2) is 0 Å². The molecule has 0 aromatic heterocycles. The first-order chi connectivity index (χ1) is 15.1. The molecule has 4 heteroatoms. The average Bonchev–Trinajstić information content (AvgIpc) is 3.36. The van der Waals surface area contributed by atoms with Crippen molar-refractivity contribution in [1.29, 1.82) is 0 Å². The summed E-state index contributed by atoms with van der Waals surface area (Å²) in [4.78, 5) is 2.59. The molecule has 0 fully saturated rings. The summed E-state index contributed by atoms with van der Waals surface area (Å²) in [7, 11) is 7.00. The van der Waals surface area contributed by atoms with E-state index in [1.54, 1.807) is 42.9 Å². The normalized spacial score (nSPS) is 14.2. The predicted molar refractivity (Wildman–Crippen MR) is 139 cm³/mol. The number of rotatable bonds is 3. The molecule has 2 nitrogen and oxygen atoms in total. The minimum atomic E-state index is -1.65. The minimum Gasteiger partial charge on any atom is 2.00 e. The first kappa shape index (κ1) is 27.2. The topological polar surface area (TPSA) is 28.2 Å². The molecule has 2 aliphatic carbocycles. The molecule has 32 heavy (non-hydrogen) atoms. The molecule has 0 aliphatic heterocycles. The second kappa shape index (κ2) is 13.6. The van der Waals surface area contributed by atoms with Gasteiger partial charge >= 0.3 is 184 Å². The predicted octanol–water partition coefficient (Wildman–Crippen LogP) is 6.64. The van der Waals surface area contributed by atoms with Crippen molar-refractivity contribution in [1.82, 2.24) is 0 Å². The van der Waals surface area contributed by atoms with Gasteiger partial charge in [0.15, 0.2) is 0 Å². The monoisotopic (exact) mass is 607 g/mol. The van der Waals surface area contributed by atoms with E-state index >= 15 is 0 Å². The Morgan fingerprint density at radius 2 is 1.44 bits per heavy atom. The van der Waals surface area contributed by atoms with Crippen LogP contribution in [0.5, 0.6) is 0 Å². The first-order valence-electron chi connectivity index (χ1n) is 10.9. The SMILES string of the molecule is C[N-]C.C[N-]C.[CH3][Sn]([CH2]C1C=Cc2ccccc21)[c]1cccc2c1Cc1ccccc1-2.[Zr+2]. The van der Waals surface area contributed by atoms with Gasteiger partial charge < -0.3 is 10.6 Å². The van der Waals surface area contributed by atoms with E-state index in [9.17, 15) is 0 Å². The molecule has 0 heterocycles. The third-order valence-electron chi connectivity index (χ3n) is 5.74. The first-order valence-corrected chi connectivity index (χ1v) is 17.2. The van der Waals surface area contributed by atoms with E-state index in [4.69, 9.17) is 0 Å². The summed E-state index contributed by atoms with van der Waals surface area (Å²) in [6, 6.07) is 24.9. The van der Waals surface area contributed by atoms with Crippen molar-refractivity contribution in [2.75, 3.05) is 28.2 Å². The van der Waals surface area contributed by atoms with Crippen molar-refractivity contribution >= 4 is 29.4 Å². The maximum Gasteiger partial charge on any atom is 2.00 e. The Morgan fingerprint density at radius 3 is 2.19 bits per heavy atom. The van der Waals surface area contributed by atoms with Gasteiger partial charge in [-0.2, -0.15) is 28.2 Å². The van der Waals surface area contributed by atoms with Crippen LogP contribution >= 0.6 is 0 Å². The van der Waals surface area contributed by atoms with E-state index in [1.165, 1.54) is 26.7 Å². The van der Waals surface area contributed by atoms with Crippen molar-refractivity contribution in [3.63, 3.8) is 0 Å². The summed E-state index contributed by atoms with van der Waals surface area (Å²) in [6.07, 6.45) is 5.89. The van der Waals surface area contributed by atoms with Gasteiger partial charge in [-0.1, -0.05) is 0 Å². The van der Waals surface area contributed by atoms with E-state index in [0.29, 0.717) is 5.92 Å². The molecule has 0 amide bonds. The van der Waals surface area contributed by atoms with Crippen molar-refractivity contribution < 1.29 is 26.2 Å². The third kappa shape index (κ3) is 6.32. The standard InChI is InChI=1S/C13H9.C10H9.2C2H6N.CH3.Sn.Zr/c1-3-7-12-10(5-1)9-11-6-2-4-8-13(11)12;1-8-6-7-9-4-2-3-5-10(8)9;2*1-3-2;;;/h1-5,7-8H,9H2;2-8H,1H2;2*1-2H3;1H3;;/q;;2*-1;;;+2. The maximum atomic E-state index is 3.50. The van der Waals surface area contributed by atoms with Gasteiger partial charge in [-0.15, -0.1) is 0 Å². The molecule has 1 atom stereocenters. The van der Waals surface area contributed by atoms with Crippen molar-refractivity contribution in [3.05, 3.63) is 106 Å². The molecule has 0 saturated heterocycles. The van der Waals surface area contributed by atoms with Crippen LogP contribution in [0.1, 0.15) is 28.2 Å². The van der Waals surface area contributed by atoms with E-state index in [1.807, 2.05) is 0 Å². The summed E-state index contributed by atoms with van der Waals surface area (Å²) in [5.74, 6) is 0.634. The summed E-state index contributed by atoms with van der Waals surface area (Å²) in [5, 5.41) is 7.00. The molecule has 163 valence electrons. The number of hydrogen-bond donors (Lipinski definition) is 0. The Hall–Kier alpha value is -0.998. The fraction of sp³-hybridized carbons (Fsp3) is 0.286. The van der Waals surface area contributed by atoms with Gasteiger partial charge in [0.1, 0.15) is 0 Å². The molecule has 0 bridgehead atoms. The van der Waals surface area contributed by atoms with Gasteiger partial charge in [0.05, 0.1) is 0 Å². The number of benzene rings is 3. The Bertz CT molecular complexity index is 1030. The van der Waals surface area contributed by atoms with Crippen LogP contribution in [-0.4, -0.2) is 48.0 Å². The Labute approximate surface area is 220 Å². The summed E-state index contributed by atoms with van der Waals surface area (Å²) in [6.45, 7) is 0. The van der Waals surface area contributed by atoms with Crippen molar-refractivity contribution in [3.8, 4) is 11.1 Å². The van der Waals surface area contributed by atoms with Crippen LogP contribution in [0.3, 0.4) is 0 Å². The Kier molecular flexibility index (Phi) is 11.6. The minimum absolute atomic E-state index is 0. The van der Waals surface area contributed by atoms with Crippen LogP contribution in [0.15, 0.2) is 72.8 Å². The fourth-order valence-corrected chi connectivity index (χ4v) is 11.2. The molecule has 2 aliphatic rings. The molecule has 5 rings (SSSR count). The largest absolute Gasteiger partial charge is 2.00 e. The second-order valence-electron chi connectivity index (χ2n) is 8.14. The molecule has 1 radical (unpaired) electrons. The van der Waals surface area contributed by atoms with Crippen LogP contribution in [0.4, 0.5) is 0 Å². The zero-order valence-electron chi connectivity index (χ0n) is 19.9. The van der Waals surface area contributed by atoms with Gasteiger partial charge in [0.25, 0.3) is 0 Å². The molecular formula is C28H33N2SnZr. The second-order valence-corrected chi connectivity index (χ2v) is 15.3. The van der Waals surface area contributed by atoms with Crippen LogP contribution in [0.25, 0.3) is 27.8 Å². The van der Waals surface area contributed by atoms with Gasteiger partial charge in [0, 0.05) is 0 Å². The van der Waals surface area contributed by atoms with E-state index in [2.05, 4.69) is 94.5 Å². The Morgan fingerprint density at radius 1 is 0.812 bits per heavy atom. The van der Waals surface area contributed by atoms with Gasteiger partial charge in [-0.05, 0) is 0 Å². The Balaban J connectivity index is 0.000000471. The van der Waals surface area contributed by atoms with Crippen molar-refractivity contribution in [2.45, 2.75) is 21.7 Å². The van der Waals surface area contributed by atoms with E-state index in [0.717, 1.165) is 6.42 Å². The molecule has 1 unspecified atom stereocenters. The van der Waals surface area contributed by atoms with Crippen LogP contribution in [0.2, 0.25) is 9.38 Å². The van der Waals surface area contributed by atoms with E-state index in [-0.39, 0.29) is 26.2 Å². The zero-order valence-corrected chi connectivity index (χ0v) is 25.2. The number of hydrogen-bond acceptors (Lipinski definition) is 0. The van der Waals surface area contributed by atoms with Crippen LogP contribution in [-0.2, 0) is 32.6 Å². The zero-order chi connectivity index (χ0) is 22.2. The van der Waals surface area contributed by atoms with Gasteiger partial charge in [-0.3, -0.25) is 0 Å². The summed E-state index contributed by atoms with van der Waals surface area (Å²) < 4.78 is 3.11. The average molecular weight is 608 g/mol. The van der Waals surface area contributed by atoms with Gasteiger partial charge in [0.2, 0.25) is 0 Å².